The number of carbonyl (C=O) groups is 1. The number of likely N-dealkylation sites (N-methyl/N-ethyl adjacent to an activating group) is 1. The lowest BCUT2D eigenvalue weighted by Crippen LogP contribution is -2.63. The van der Waals surface area contributed by atoms with Gasteiger partial charge in [-0.25, -0.2) is 9.97 Å². The minimum atomic E-state index is -0.455. The molecule has 1 saturated carbocycles. The Morgan fingerprint density at radius 3 is 2.86 bits per heavy atom. The van der Waals surface area contributed by atoms with Crippen LogP contribution in [0.2, 0.25) is 5.28 Å². The second-order valence-electron chi connectivity index (χ2n) is 6.83. The Balaban J connectivity index is 1.83. The highest BCUT2D eigenvalue weighted by Gasteiger charge is 2.55. The summed E-state index contributed by atoms with van der Waals surface area (Å²) >= 11 is 6.04. The zero-order valence-corrected chi connectivity index (χ0v) is 13.6. The van der Waals surface area contributed by atoms with Crippen LogP contribution in [0.5, 0.6) is 0 Å². The standard InChI is InChI=1S/C16H21ClN4O/c1-20-8-4-7-16(14(20)22)9-11-10-18-15(17)19-13(11)21(16)12-5-2-3-6-12/h10,12H,2-9H2,1H3. The number of nitrogens with zero attached hydrogens (tertiary/aromatic N) is 4. The lowest BCUT2D eigenvalue weighted by Gasteiger charge is -2.46. The van der Waals surface area contributed by atoms with E-state index < -0.39 is 5.54 Å². The van der Waals surface area contributed by atoms with E-state index in [0.29, 0.717) is 6.04 Å². The fraction of sp³-hybridized carbons (Fsp3) is 0.688. The van der Waals surface area contributed by atoms with E-state index in [0.717, 1.165) is 50.0 Å². The number of likely N-dealkylation sites (tertiary alicyclic amines) is 1. The highest BCUT2D eigenvalue weighted by molar-refractivity contribution is 6.28. The fourth-order valence-electron chi connectivity index (χ4n) is 4.56. The predicted octanol–water partition coefficient (Wildman–Crippen LogP) is 2.43. The van der Waals surface area contributed by atoms with Crippen LogP contribution in [0.1, 0.15) is 44.1 Å². The SMILES string of the molecule is CN1CCCC2(Cc3cnc(Cl)nc3N2C2CCCC2)C1=O. The Hall–Kier alpha value is -1.36. The predicted molar refractivity (Wildman–Crippen MR) is 85.1 cm³/mol. The molecule has 3 aliphatic rings. The van der Waals surface area contributed by atoms with Crippen LogP contribution in [0.25, 0.3) is 0 Å². The van der Waals surface area contributed by atoms with E-state index in [4.69, 9.17) is 11.6 Å². The monoisotopic (exact) mass is 320 g/mol. The molecule has 1 saturated heterocycles. The first-order chi connectivity index (χ1) is 10.6. The largest absolute Gasteiger partial charge is 0.344 e. The van der Waals surface area contributed by atoms with E-state index in [1.165, 1.54) is 12.8 Å². The van der Waals surface area contributed by atoms with Crippen molar-refractivity contribution in [2.24, 2.45) is 0 Å². The highest BCUT2D eigenvalue weighted by atomic mass is 35.5. The van der Waals surface area contributed by atoms with Gasteiger partial charge in [-0.3, -0.25) is 4.79 Å². The van der Waals surface area contributed by atoms with Crippen molar-refractivity contribution in [3.63, 3.8) is 0 Å². The molecule has 0 N–H and O–H groups in total. The van der Waals surface area contributed by atoms with E-state index in [9.17, 15) is 4.79 Å². The number of fused-ring (bicyclic) bond motifs is 1. The maximum Gasteiger partial charge on any atom is 0.248 e. The Kier molecular flexibility index (Phi) is 3.29. The van der Waals surface area contributed by atoms with Gasteiger partial charge in [-0.2, -0.15) is 0 Å². The maximum absolute atomic E-state index is 13.1. The second-order valence-corrected chi connectivity index (χ2v) is 7.17. The number of amides is 1. The summed E-state index contributed by atoms with van der Waals surface area (Å²) in [4.78, 5) is 25.9. The van der Waals surface area contributed by atoms with Crippen LogP contribution in [-0.2, 0) is 11.2 Å². The molecule has 0 radical (unpaired) electrons. The second kappa shape index (κ2) is 5.08. The molecule has 6 heteroatoms. The highest BCUT2D eigenvalue weighted by Crippen LogP contribution is 2.46. The lowest BCUT2D eigenvalue weighted by atomic mass is 9.83. The van der Waals surface area contributed by atoms with E-state index in [2.05, 4.69) is 14.9 Å². The first-order valence-corrected chi connectivity index (χ1v) is 8.56. The van der Waals surface area contributed by atoms with Gasteiger partial charge in [0.05, 0.1) is 0 Å². The number of piperidine rings is 1. The molecule has 1 aliphatic carbocycles. The molecule has 1 atom stereocenters. The number of rotatable bonds is 1. The molecule has 3 heterocycles. The smallest absolute Gasteiger partial charge is 0.248 e. The van der Waals surface area contributed by atoms with Gasteiger partial charge in [-0.05, 0) is 37.3 Å². The first-order valence-electron chi connectivity index (χ1n) is 8.18. The molecule has 22 heavy (non-hydrogen) atoms. The van der Waals surface area contributed by atoms with Gasteiger partial charge in [0, 0.05) is 37.8 Å². The third kappa shape index (κ3) is 1.94. The van der Waals surface area contributed by atoms with E-state index in [1.807, 2.05) is 18.1 Å². The molecular weight excluding hydrogens is 300 g/mol. The molecule has 2 aliphatic heterocycles. The van der Waals surface area contributed by atoms with Gasteiger partial charge in [-0.15, -0.1) is 0 Å². The summed E-state index contributed by atoms with van der Waals surface area (Å²) in [5.74, 6) is 1.13. The van der Waals surface area contributed by atoms with Crippen molar-refractivity contribution in [3.05, 3.63) is 17.0 Å². The Labute approximate surface area is 135 Å². The summed E-state index contributed by atoms with van der Waals surface area (Å²) in [6.45, 7) is 0.849. The minimum Gasteiger partial charge on any atom is -0.344 e. The van der Waals surface area contributed by atoms with Crippen molar-refractivity contribution in [3.8, 4) is 0 Å². The van der Waals surface area contributed by atoms with Crippen LogP contribution >= 0.6 is 11.6 Å². The van der Waals surface area contributed by atoms with Crippen LogP contribution < -0.4 is 4.90 Å². The maximum atomic E-state index is 13.1. The average molecular weight is 321 g/mol. The van der Waals surface area contributed by atoms with Crippen LogP contribution in [0.15, 0.2) is 6.20 Å². The molecular formula is C16H21ClN4O. The van der Waals surface area contributed by atoms with Gasteiger partial charge >= 0.3 is 0 Å². The number of hydrogen-bond acceptors (Lipinski definition) is 4. The molecule has 0 aromatic carbocycles. The van der Waals surface area contributed by atoms with Crippen molar-refractivity contribution in [1.82, 2.24) is 14.9 Å². The summed E-state index contributed by atoms with van der Waals surface area (Å²) in [5, 5.41) is 0.274. The Bertz CT molecular complexity index is 616. The van der Waals surface area contributed by atoms with Crippen LogP contribution in [0.4, 0.5) is 5.82 Å². The molecule has 1 aromatic heterocycles. The number of carbonyl (C=O) groups excluding carboxylic acids is 1. The fourth-order valence-corrected chi connectivity index (χ4v) is 4.69. The average Bonchev–Trinajstić information content (AvgIpc) is 3.10. The molecule has 0 bridgehead atoms. The lowest BCUT2D eigenvalue weighted by molar-refractivity contribution is -0.138. The molecule has 5 nitrogen and oxygen atoms in total. The molecule has 1 amide bonds. The molecule has 1 unspecified atom stereocenters. The van der Waals surface area contributed by atoms with Gasteiger partial charge in [0.2, 0.25) is 11.2 Å². The number of halogens is 1. The minimum absolute atomic E-state index is 0.236. The third-order valence-electron chi connectivity index (χ3n) is 5.50. The van der Waals surface area contributed by atoms with Crippen molar-refractivity contribution in [2.45, 2.75) is 56.5 Å². The van der Waals surface area contributed by atoms with Gasteiger partial charge < -0.3 is 9.80 Å². The zero-order valence-electron chi connectivity index (χ0n) is 12.9. The van der Waals surface area contributed by atoms with Crippen molar-refractivity contribution < 1.29 is 4.79 Å². The summed E-state index contributed by atoms with van der Waals surface area (Å²) in [7, 11) is 1.91. The molecule has 1 spiro atoms. The summed E-state index contributed by atoms with van der Waals surface area (Å²) in [6.07, 6.45) is 9.22. The Morgan fingerprint density at radius 2 is 2.09 bits per heavy atom. The normalized spacial score (nSPS) is 28.7. The van der Waals surface area contributed by atoms with Crippen LogP contribution in [0.3, 0.4) is 0 Å². The molecule has 4 rings (SSSR count). The van der Waals surface area contributed by atoms with Crippen molar-refractivity contribution in [2.75, 3.05) is 18.5 Å². The van der Waals surface area contributed by atoms with E-state index in [-0.39, 0.29) is 11.2 Å². The molecule has 1 aromatic rings. The van der Waals surface area contributed by atoms with Crippen LogP contribution in [0, 0.1) is 0 Å². The molecule has 118 valence electrons. The van der Waals surface area contributed by atoms with Gasteiger partial charge in [0.25, 0.3) is 0 Å². The summed E-state index contributed by atoms with van der Waals surface area (Å²) in [5.41, 5.74) is 0.615. The number of anilines is 1. The van der Waals surface area contributed by atoms with Gasteiger partial charge in [0.1, 0.15) is 11.4 Å². The quantitative estimate of drug-likeness (QED) is 0.746. The number of aromatic nitrogens is 2. The van der Waals surface area contributed by atoms with Gasteiger partial charge in [0.15, 0.2) is 0 Å². The van der Waals surface area contributed by atoms with Crippen LogP contribution in [-0.4, -0.2) is 45.9 Å². The van der Waals surface area contributed by atoms with Crippen molar-refractivity contribution in [1.29, 1.82) is 0 Å². The van der Waals surface area contributed by atoms with E-state index in [1.54, 1.807) is 0 Å². The molecule has 2 fully saturated rings. The first kappa shape index (κ1) is 14.2. The summed E-state index contributed by atoms with van der Waals surface area (Å²) in [6, 6.07) is 0.405. The number of hydrogen-bond donors (Lipinski definition) is 0. The zero-order chi connectivity index (χ0) is 15.3. The summed E-state index contributed by atoms with van der Waals surface area (Å²) < 4.78 is 0. The van der Waals surface area contributed by atoms with Crippen molar-refractivity contribution >= 4 is 23.3 Å². The topological polar surface area (TPSA) is 49.3 Å². The Morgan fingerprint density at radius 1 is 1.32 bits per heavy atom. The third-order valence-corrected chi connectivity index (χ3v) is 5.69. The van der Waals surface area contributed by atoms with E-state index >= 15 is 0 Å². The van der Waals surface area contributed by atoms with Gasteiger partial charge in [-0.1, -0.05) is 12.8 Å².